The summed E-state index contributed by atoms with van der Waals surface area (Å²) in [6.07, 6.45) is -0.606. The Morgan fingerprint density at radius 1 is 1.07 bits per heavy atom. The minimum absolute atomic E-state index is 0.115. The number of hydrogen-bond acceptors (Lipinski definition) is 3. The summed E-state index contributed by atoms with van der Waals surface area (Å²) in [6, 6.07) is 11.7. The maximum absolute atomic E-state index is 12.2. The van der Waals surface area contributed by atoms with E-state index >= 15 is 0 Å². The predicted molar refractivity (Wildman–Crippen MR) is 115 cm³/mol. The van der Waals surface area contributed by atoms with Gasteiger partial charge in [-0.05, 0) is 67.1 Å². The Morgan fingerprint density at radius 2 is 1.64 bits per heavy atom. The molecule has 0 aliphatic carbocycles. The van der Waals surface area contributed by atoms with Crippen LogP contribution in [0, 0.1) is 13.8 Å². The third-order valence-corrected chi connectivity index (χ3v) is 5.08. The van der Waals surface area contributed by atoms with Gasteiger partial charge in [0.25, 0.3) is 5.91 Å². The van der Waals surface area contributed by atoms with E-state index in [1.54, 1.807) is 6.92 Å². The van der Waals surface area contributed by atoms with Crippen molar-refractivity contribution >= 4 is 17.5 Å². The second kappa shape index (κ2) is 9.33. The number of nitrogens with one attached hydrogen (secondary N) is 1. The third kappa shape index (κ3) is 6.16. The summed E-state index contributed by atoms with van der Waals surface area (Å²) >= 11 is 6.17. The average molecular weight is 404 g/mol. The summed E-state index contributed by atoms with van der Waals surface area (Å²) in [7, 11) is 0. The number of rotatable bonds is 7. The van der Waals surface area contributed by atoms with Crippen LogP contribution in [0.5, 0.6) is 11.5 Å². The Kier molecular flexibility index (Phi) is 7.36. The molecule has 0 saturated carbocycles. The Hall–Kier alpha value is -2.20. The monoisotopic (exact) mass is 403 g/mol. The van der Waals surface area contributed by atoms with Crippen molar-refractivity contribution < 1.29 is 14.3 Å². The first-order valence-corrected chi connectivity index (χ1v) is 9.90. The molecular formula is C23H30ClNO3. The van der Waals surface area contributed by atoms with Gasteiger partial charge in [-0.1, -0.05) is 44.5 Å². The van der Waals surface area contributed by atoms with E-state index in [0.717, 1.165) is 21.9 Å². The van der Waals surface area contributed by atoms with Gasteiger partial charge in [-0.15, -0.1) is 0 Å². The number of carbonyl (C=O) groups excluding carboxylic acids is 1. The van der Waals surface area contributed by atoms with Gasteiger partial charge in [0, 0.05) is 5.02 Å². The molecule has 0 fully saturated rings. The molecule has 28 heavy (non-hydrogen) atoms. The van der Waals surface area contributed by atoms with Crippen LogP contribution < -0.4 is 14.8 Å². The molecule has 1 amide bonds. The molecule has 2 aromatic carbocycles. The summed E-state index contributed by atoms with van der Waals surface area (Å²) in [6.45, 7) is 12.9. The molecule has 2 aromatic rings. The molecule has 0 aromatic heterocycles. The van der Waals surface area contributed by atoms with Crippen molar-refractivity contribution in [2.75, 3.05) is 13.2 Å². The van der Waals surface area contributed by atoms with Gasteiger partial charge in [0.05, 0.1) is 6.54 Å². The van der Waals surface area contributed by atoms with Crippen molar-refractivity contribution in [2.45, 2.75) is 53.1 Å². The summed E-state index contributed by atoms with van der Waals surface area (Å²) in [4.78, 5) is 12.2. The van der Waals surface area contributed by atoms with Gasteiger partial charge in [-0.3, -0.25) is 4.79 Å². The second-order valence-corrected chi connectivity index (χ2v) is 8.42. The summed E-state index contributed by atoms with van der Waals surface area (Å²) in [5, 5.41) is 3.55. The molecule has 2 rings (SSSR count). The molecule has 0 heterocycles. The summed E-state index contributed by atoms with van der Waals surface area (Å²) < 4.78 is 11.4. The van der Waals surface area contributed by atoms with Crippen molar-refractivity contribution in [3.8, 4) is 11.5 Å². The van der Waals surface area contributed by atoms with Crippen molar-refractivity contribution in [2.24, 2.45) is 0 Å². The van der Waals surface area contributed by atoms with E-state index in [-0.39, 0.29) is 11.3 Å². The normalized spacial score (nSPS) is 12.4. The lowest BCUT2D eigenvalue weighted by Gasteiger charge is -2.19. The fourth-order valence-electron chi connectivity index (χ4n) is 2.77. The van der Waals surface area contributed by atoms with Crippen LogP contribution >= 0.6 is 11.6 Å². The second-order valence-electron chi connectivity index (χ2n) is 8.04. The van der Waals surface area contributed by atoms with Gasteiger partial charge in [0.1, 0.15) is 18.1 Å². The number of amides is 1. The van der Waals surface area contributed by atoms with E-state index in [2.05, 4.69) is 38.2 Å². The van der Waals surface area contributed by atoms with Gasteiger partial charge in [-0.2, -0.15) is 0 Å². The Bertz CT molecular complexity index is 787. The minimum Gasteiger partial charge on any atom is -0.492 e. The highest BCUT2D eigenvalue weighted by atomic mass is 35.5. The van der Waals surface area contributed by atoms with Crippen LogP contribution in [0.1, 0.15) is 44.4 Å². The average Bonchev–Trinajstić information content (AvgIpc) is 2.62. The topological polar surface area (TPSA) is 47.6 Å². The number of halogens is 1. The van der Waals surface area contributed by atoms with Gasteiger partial charge >= 0.3 is 0 Å². The molecule has 4 nitrogen and oxygen atoms in total. The van der Waals surface area contributed by atoms with Crippen LogP contribution in [0.4, 0.5) is 0 Å². The van der Waals surface area contributed by atoms with Crippen molar-refractivity contribution in [1.29, 1.82) is 0 Å². The van der Waals surface area contributed by atoms with Crippen molar-refractivity contribution in [1.82, 2.24) is 5.32 Å². The van der Waals surface area contributed by atoms with Crippen LogP contribution in [0.25, 0.3) is 0 Å². The third-order valence-electron chi connectivity index (χ3n) is 4.48. The molecule has 0 saturated heterocycles. The molecule has 0 aliphatic heterocycles. The van der Waals surface area contributed by atoms with E-state index in [4.69, 9.17) is 21.1 Å². The van der Waals surface area contributed by atoms with Crippen LogP contribution in [-0.4, -0.2) is 25.2 Å². The van der Waals surface area contributed by atoms with Crippen molar-refractivity contribution in [3.63, 3.8) is 0 Å². The first kappa shape index (κ1) is 22.1. The number of ether oxygens (including phenoxy) is 2. The molecule has 152 valence electrons. The lowest BCUT2D eigenvalue weighted by Crippen LogP contribution is -2.38. The molecule has 0 aliphatic rings. The van der Waals surface area contributed by atoms with E-state index < -0.39 is 6.10 Å². The number of benzene rings is 2. The predicted octanol–water partition coefficient (Wildman–Crippen LogP) is 5.22. The highest BCUT2D eigenvalue weighted by molar-refractivity contribution is 6.32. The van der Waals surface area contributed by atoms with Gasteiger partial charge < -0.3 is 14.8 Å². The zero-order chi connectivity index (χ0) is 20.9. The molecule has 0 spiro atoms. The summed E-state index contributed by atoms with van der Waals surface area (Å²) in [5.74, 6) is 1.24. The van der Waals surface area contributed by atoms with Crippen LogP contribution in [0.15, 0.2) is 36.4 Å². The molecule has 1 N–H and O–H groups in total. The Morgan fingerprint density at radius 3 is 2.18 bits per heavy atom. The molecule has 0 radical (unpaired) electrons. The molecule has 1 unspecified atom stereocenters. The standard InChI is InChI=1S/C23H30ClNO3/c1-15-13-20(14-16(2)21(15)24)28-17(3)22(26)25-11-12-27-19-9-7-18(8-10-19)23(4,5)6/h7-10,13-14,17H,11-12H2,1-6H3,(H,25,26). The maximum atomic E-state index is 12.2. The summed E-state index contributed by atoms with van der Waals surface area (Å²) in [5.41, 5.74) is 3.22. The first-order valence-electron chi connectivity index (χ1n) is 9.52. The van der Waals surface area contributed by atoms with E-state index in [0.29, 0.717) is 18.9 Å². The van der Waals surface area contributed by atoms with Crippen molar-refractivity contribution in [3.05, 3.63) is 58.1 Å². The fraction of sp³-hybridized carbons (Fsp3) is 0.435. The van der Waals surface area contributed by atoms with Crippen LogP contribution in [-0.2, 0) is 10.2 Å². The minimum atomic E-state index is -0.606. The van der Waals surface area contributed by atoms with Gasteiger partial charge in [0.2, 0.25) is 0 Å². The van der Waals surface area contributed by atoms with E-state index in [1.807, 2.05) is 38.1 Å². The first-order chi connectivity index (χ1) is 13.1. The van der Waals surface area contributed by atoms with Gasteiger partial charge in [0.15, 0.2) is 6.10 Å². The molecular weight excluding hydrogens is 374 g/mol. The lowest BCUT2D eigenvalue weighted by molar-refractivity contribution is -0.127. The molecule has 5 heteroatoms. The van der Waals surface area contributed by atoms with E-state index in [9.17, 15) is 4.79 Å². The number of aryl methyl sites for hydroxylation is 2. The van der Waals surface area contributed by atoms with Crippen LogP contribution in [0.3, 0.4) is 0 Å². The number of carbonyl (C=O) groups is 1. The van der Waals surface area contributed by atoms with Crippen LogP contribution in [0.2, 0.25) is 5.02 Å². The molecule has 1 atom stereocenters. The Balaban J connectivity index is 1.77. The highest BCUT2D eigenvalue weighted by Crippen LogP contribution is 2.26. The SMILES string of the molecule is Cc1cc(OC(C)C(=O)NCCOc2ccc(C(C)(C)C)cc2)cc(C)c1Cl. The smallest absolute Gasteiger partial charge is 0.260 e. The quantitative estimate of drug-likeness (QED) is 0.645. The molecule has 0 bridgehead atoms. The van der Waals surface area contributed by atoms with E-state index in [1.165, 1.54) is 5.56 Å². The maximum Gasteiger partial charge on any atom is 0.260 e. The van der Waals surface area contributed by atoms with Gasteiger partial charge in [-0.25, -0.2) is 0 Å². The largest absolute Gasteiger partial charge is 0.492 e. The zero-order valence-corrected chi connectivity index (χ0v) is 18.3. The fourth-order valence-corrected chi connectivity index (χ4v) is 2.88. The lowest BCUT2D eigenvalue weighted by atomic mass is 9.87. The Labute approximate surface area is 173 Å². The zero-order valence-electron chi connectivity index (χ0n) is 17.6. The number of hydrogen-bond donors (Lipinski definition) is 1. The highest BCUT2D eigenvalue weighted by Gasteiger charge is 2.16.